The summed E-state index contributed by atoms with van der Waals surface area (Å²) in [6.45, 7) is 3.54. The molecule has 0 spiro atoms. The molecule has 0 amide bonds. The van der Waals surface area contributed by atoms with Gasteiger partial charge in [-0.15, -0.1) is 0 Å². The number of methoxy groups -OCH3 is 1. The Labute approximate surface area is 61.2 Å². The Morgan fingerprint density at radius 2 is 2.30 bits per heavy atom. The van der Waals surface area contributed by atoms with Crippen molar-refractivity contribution in [2.24, 2.45) is 0 Å². The molecule has 1 atom stereocenters. The maximum absolute atomic E-state index is 8.39. The van der Waals surface area contributed by atoms with E-state index in [9.17, 15) is 0 Å². The Hall–Kier alpha value is -0.960. The zero-order chi connectivity index (χ0) is 7.98. The molecule has 0 saturated carbocycles. The van der Waals surface area contributed by atoms with Crippen LogP contribution in [0.3, 0.4) is 0 Å². The predicted molar refractivity (Wildman–Crippen MR) is 40.5 cm³/mol. The van der Waals surface area contributed by atoms with E-state index in [1.807, 2.05) is 0 Å². The zero-order valence-electron chi connectivity index (χ0n) is 6.32. The summed E-state index contributed by atoms with van der Waals surface area (Å²) in [5.74, 6) is 0. The van der Waals surface area contributed by atoms with E-state index in [4.69, 9.17) is 9.84 Å². The van der Waals surface area contributed by atoms with Crippen LogP contribution in [0.4, 0.5) is 0 Å². The van der Waals surface area contributed by atoms with Crippen LogP contribution in [0.25, 0.3) is 0 Å². The van der Waals surface area contributed by atoms with Gasteiger partial charge in [0.25, 0.3) is 0 Å². The van der Waals surface area contributed by atoms with Gasteiger partial charge in [0.2, 0.25) is 0 Å². The van der Waals surface area contributed by atoms with Crippen molar-refractivity contribution in [2.75, 3.05) is 14.2 Å². The molecule has 0 radical (unpaired) electrons. The molecule has 58 valence electrons. The van der Waals surface area contributed by atoms with E-state index in [1.54, 1.807) is 25.3 Å². The highest BCUT2D eigenvalue weighted by atomic mass is 16.5. The van der Waals surface area contributed by atoms with Crippen LogP contribution in [0, 0.1) is 0 Å². The fourth-order valence-corrected chi connectivity index (χ4v) is 0.558. The molecule has 0 aromatic heterocycles. The first kappa shape index (κ1) is 9.04. The van der Waals surface area contributed by atoms with Gasteiger partial charge < -0.3 is 14.7 Å². The predicted octanol–water partition coefficient (Wildman–Crippen LogP) is 1.11. The standard InChI is InChI=1S/C7H13NO2/c1-4-8(2)7(10-3)5-6-9/h4-7,9H,1H2,2-3H3/b6-5-. The summed E-state index contributed by atoms with van der Waals surface area (Å²) in [5, 5.41) is 8.39. The van der Waals surface area contributed by atoms with E-state index in [1.165, 1.54) is 6.08 Å². The van der Waals surface area contributed by atoms with E-state index in [0.717, 1.165) is 6.26 Å². The lowest BCUT2D eigenvalue weighted by Crippen LogP contribution is -2.26. The molecule has 3 heteroatoms. The van der Waals surface area contributed by atoms with Crippen LogP contribution < -0.4 is 0 Å². The van der Waals surface area contributed by atoms with E-state index in [2.05, 4.69) is 6.58 Å². The van der Waals surface area contributed by atoms with Crippen LogP contribution in [-0.4, -0.2) is 30.4 Å². The fourth-order valence-electron chi connectivity index (χ4n) is 0.558. The normalized spacial score (nSPS) is 13.4. The Morgan fingerprint density at radius 1 is 1.70 bits per heavy atom. The Bertz CT molecular complexity index is 123. The molecule has 0 aromatic rings. The molecule has 3 nitrogen and oxygen atoms in total. The van der Waals surface area contributed by atoms with Gasteiger partial charge in [-0.3, -0.25) is 0 Å². The first-order chi connectivity index (χ1) is 4.76. The molecular formula is C7H13NO2. The lowest BCUT2D eigenvalue weighted by Gasteiger charge is -2.20. The van der Waals surface area contributed by atoms with E-state index in [-0.39, 0.29) is 6.23 Å². The van der Waals surface area contributed by atoms with Crippen molar-refractivity contribution < 1.29 is 9.84 Å². The Kier molecular flexibility index (Phi) is 4.41. The largest absolute Gasteiger partial charge is 0.516 e. The number of rotatable bonds is 4. The molecule has 0 fully saturated rings. The Morgan fingerprint density at radius 3 is 2.60 bits per heavy atom. The maximum atomic E-state index is 8.39. The van der Waals surface area contributed by atoms with Crippen LogP contribution in [0.5, 0.6) is 0 Å². The fraction of sp³-hybridized carbons (Fsp3) is 0.429. The molecule has 0 aliphatic heterocycles. The molecule has 0 aromatic carbocycles. The van der Waals surface area contributed by atoms with Gasteiger partial charge in [-0.2, -0.15) is 0 Å². The molecule has 1 unspecified atom stereocenters. The van der Waals surface area contributed by atoms with Crippen LogP contribution in [0.1, 0.15) is 0 Å². The van der Waals surface area contributed by atoms with Gasteiger partial charge in [-0.05, 0) is 12.3 Å². The number of aliphatic hydroxyl groups excluding tert-OH is 1. The minimum Gasteiger partial charge on any atom is -0.516 e. The minimum atomic E-state index is -0.234. The lowest BCUT2D eigenvalue weighted by atomic mass is 10.5. The summed E-state index contributed by atoms with van der Waals surface area (Å²) in [5.41, 5.74) is 0. The second-order valence-electron chi connectivity index (χ2n) is 1.82. The van der Waals surface area contributed by atoms with Crippen LogP contribution in [0.15, 0.2) is 25.1 Å². The zero-order valence-corrected chi connectivity index (χ0v) is 6.32. The second kappa shape index (κ2) is 4.88. The number of hydrogen-bond acceptors (Lipinski definition) is 3. The number of aliphatic hydroxyl groups is 1. The van der Waals surface area contributed by atoms with E-state index >= 15 is 0 Å². The number of nitrogens with zero attached hydrogens (tertiary/aromatic N) is 1. The highest BCUT2D eigenvalue weighted by Gasteiger charge is 2.03. The first-order valence-corrected chi connectivity index (χ1v) is 2.94. The third kappa shape index (κ3) is 2.55. The van der Waals surface area contributed by atoms with Crippen LogP contribution in [-0.2, 0) is 4.74 Å². The molecule has 10 heavy (non-hydrogen) atoms. The number of likely N-dealkylation sites (N-methyl/N-ethyl adjacent to an activating group) is 1. The van der Waals surface area contributed by atoms with Gasteiger partial charge in [0.05, 0.1) is 6.26 Å². The SMILES string of the molecule is C=CN(C)C(/C=C\O)OC. The average Bonchev–Trinajstić information content (AvgIpc) is 1.99. The van der Waals surface area contributed by atoms with Crippen molar-refractivity contribution in [1.29, 1.82) is 0 Å². The molecule has 0 aliphatic rings. The number of hydrogen-bond donors (Lipinski definition) is 1. The second-order valence-corrected chi connectivity index (χ2v) is 1.82. The third-order valence-electron chi connectivity index (χ3n) is 1.18. The van der Waals surface area contributed by atoms with Crippen molar-refractivity contribution in [3.05, 3.63) is 25.1 Å². The van der Waals surface area contributed by atoms with Gasteiger partial charge >= 0.3 is 0 Å². The average molecular weight is 143 g/mol. The van der Waals surface area contributed by atoms with Gasteiger partial charge in [-0.1, -0.05) is 6.58 Å². The summed E-state index contributed by atoms with van der Waals surface area (Å²) in [6, 6.07) is 0. The topological polar surface area (TPSA) is 32.7 Å². The summed E-state index contributed by atoms with van der Waals surface area (Å²) in [4.78, 5) is 1.73. The molecule has 0 heterocycles. The van der Waals surface area contributed by atoms with E-state index < -0.39 is 0 Å². The smallest absolute Gasteiger partial charge is 0.151 e. The molecule has 1 N–H and O–H groups in total. The molecule has 0 bridgehead atoms. The van der Waals surface area contributed by atoms with Crippen molar-refractivity contribution in [1.82, 2.24) is 4.90 Å². The van der Waals surface area contributed by atoms with Crippen molar-refractivity contribution in [2.45, 2.75) is 6.23 Å². The van der Waals surface area contributed by atoms with Crippen LogP contribution >= 0.6 is 0 Å². The van der Waals surface area contributed by atoms with Crippen molar-refractivity contribution in [3.63, 3.8) is 0 Å². The Balaban J connectivity index is 3.91. The van der Waals surface area contributed by atoms with Crippen LogP contribution in [0.2, 0.25) is 0 Å². The monoisotopic (exact) mass is 143 g/mol. The molecule has 0 rings (SSSR count). The van der Waals surface area contributed by atoms with Gasteiger partial charge in [-0.25, -0.2) is 0 Å². The molecular weight excluding hydrogens is 130 g/mol. The lowest BCUT2D eigenvalue weighted by molar-refractivity contribution is 0.0451. The molecule has 0 saturated heterocycles. The highest BCUT2D eigenvalue weighted by molar-refractivity contribution is 4.85. The maximum Gasteiger partial charge on any atom is 0.151 e. The highest BCUT2D eigenvalue weighted by Crippen LogP contribution is 1.97. The summed E-state index contributed by atoms with van der Waals surface area (Å²) >= 11 is 0. The van der Waals surface area contributed by atoms with Gasteiger partial charge in [0, 0.05) is 14.2 Å². The summed E-state index contributed by atoms with van der Waals surface area (Å²) in [6.07, 6.45) is 3.85. The first-order valence-electron chi connectivity index (χ1n) is 2.94. The van der Waals surface area contributed by atoms with Crippen molar-refractivity contribution in [3.8, 4) is 0 Å². The molecule has 0 aliphatic carbocycles. The van der Waals surface area contributed by atoms with Crippen molar-refractivity contribution >= 4 is 0 Å². The summed E-state index contributed by atoms with van der Waals surface area (Å²) in [7, 11) is 3.37. The summed E-state index contributed by atoms with van der Waals surface area (Å²) < 4.78 is 4.95. The number of ether oxygens (including phenoxy) is 1. The quantitative estimate of drug-likeness (QED) is 0.472. The van der Waals surface area contributed by atoms with E-state index in [0.29, 0.717) is 0 Å². The third-order valence-corrected chi connectivity index (χ3v) is 1.18. The van der Waals surface area contributed by atoms with Gasteiger partial charge in [0.1, 0.15) is 0 Å². The van der Waals surface area contributed by atoms with Gasteiger partial charge in [0.15, 0.2) is 6.23 Å². The minimum absolute atomic E-state index is 0.234.